The third kappa shape index (κ3) is 5.47. The van der Waals surface area contributed by atoms with Crippen LogP contribution in [0.3, 0.4) is 0 Å². The fourth-order valence-electron chi connectivity index (χ4n) is 3.67. The lowest BCUT2D eigenvalue weighted by Crippen LogP contribution is -2.33. The van der Waals surface area contributed by atoms with Crippen LogP contribution in [0.4, 0.5) is 0 Å². The van der Waals surface area contributed by atoms with Crippen molar-refractivity contribution in [3.05, 3.63) is 101 Å². The number of amides is 1. The molecule has 34 heavy (non-hydrogen) atoms. The predicted molar refractivity (Wildman–Crippen MR) is 133 cm³/mol. The number of methoxy groups -OCH3 is 1. The van der Waals surface area contributed by atoms with Crippen molar-refractivity contribution in [2.24, 2.45) is 7.05 Å². The molecule has 0 unspecified atom stereocenters. The lowest BCUT2D eigenvalue weighted by Gasteiger charge is -2.23. The Balaban J connectivity index is 1.75. The van der Waals surface area contributed by atoms with Crippen molar-refractivity contribution in [3.63, 3.8) is 0 Å². The number of benzene rings is 3. The van der Waals surface area contributed by atoms with E-state index in [1.54, 1.807) is 41.0 Å². The molecule has 0 aliphatic rings. The molecule has 0 fully saturated rings. The van der Waals surface area contributed by atoms with Gasteiger partial charge < -0.3 is 14.4 Å². The number of halogens is 1. The highest BCUT2D eigenvalue weighted by molar-refractivity contribution is 6.30. The fraction of sp³-hybridized carbons (Fsp3) is 0.185. The van der Waals surface area contributed by atoms with Crippen molar-refractivity contribution in [1.82, 2.24) is 14.7 Å². The van der Waals surface area contributed by atoms with E-state index in [2.05, 4.69) is 0 Å². The largest absolute Gasteiger partial charge is 0.439 e. The first-order chi connectivity index (χ1) is 16.6. The van der Waals surface area contributed by atoms with E-state index < -0.39 is 0 Å². The standard InChI is InChI=1S/C27H26ClN3O3/c1-30-27(34-23-11-7-4-8-12-23)24(25(29-30)20-9-5-3-6-10-20)19-31(17-18-33-2)26(32)21-13-15-22(28)16-14-21/h3-16H,17-19H2,1-2H3. The first kappa shape index (κ1) is 23.5. The molecule has 0 N–H and O–H groups in total. The van der Waals surface area contributed by atoms with Crippen LogP contribution < -0.4 is 4.74 Å². The Bertz CT molecular complexity index is 1230. The Morgan fingerprint density at radius 2 is 1.62 bits per heavy atom. The molecule has 0 aliphatic heterocycles. The normalized spacial score (nSPS) is 10.8. The summed E-state index contributed by atoms with van der Waals surface area (Å²) in [6.45, 7) is 1.10. The Hall–Kier alpha value is -3.61. The molecular weight excluding hydrogens is 450 g/mol. The summed E-state index contributed by atoms with van der Waals surface area (Å²) < 4.78 is 13.3. The summed E-state index contributed by atoms with van der Waals surface area (Å²) in [5, 5.41) is 5.34. The van der Waals surface area contributed by atoms with E-state index in [1.165, 1.54) is 0 Å². The highest BCUT2D eigenvalue weighted by atomic mass is 35.5. The summed E-state index contributed by atoms with van der Waals surface area (Å²) in [5.41, 5.74) is 3.08. The predicted octanol–water partition coefficient (Wildman–Crippen LogP) is 5.82. The van der Waals surface area contributed by atoms with Crippen LogP contribution in [0.5, 0.6) is 11.6 Å². The van der Waals surface area contributed by atoms with Crippen molar-refractivity contribution in [2.45, 2.75) is 6.54 Å². The van der Waals surface area contributed by atoms with Gasteiger partial charge in [-0.3, -0.25) is 4.79 Å². The molecule has 1 aromatic heterocycles. The van der Waals surface area contributed by atoms with Gasteiger partial charge in [0.15, 0.2) is 0 Å². The molecule has 0 spiro atoms. The topological polar surface area (TPSA) is 56.6 Å². The van der Waals surface area contributed by atoms with Crippen molar-refractivity contribution < 1.29 is 14.3 Å². The molecule has 0 atom stereocenters. The highest BCUT2D eigenvalue weighted by Gasteiger charge is 2.25. The molecule has 4 rings (SSSR count). The molecule has 0 radical (unpaired) electrons. The van der Waals surface area contributed by atoms with E-state index in [1.807, 2.05) is 67.7 Å². The molecule has 174 valence electrons. The Kier molecular flexibility index (Phi) is 7.62. The smallest absolute Gasteiger partial charge is 0.254 e. The van der Waals surface area contributed by atoms with Gasteiger partial charge in [-0.05, 0) is 36.4 Å². The van der Waals surface area contributed by atoms with Gasteiger partial charge in [0, 0.05) is 36.9 Å². The SMILES string of the molecule is COCCN(Cc1c(-c2ccccc2)nn(C)c1Oc1ccccc1)C(=O)c1ccc(Cl)cc1. The molecule has 3 aromatic carbocycles. The summed E-state index contributed by atoms with van der Waals surface area (Å²) >= 11 is 6.03. The van der Waals surface area contributed by atoms with E-state index in [4.69, 9.17) is 26.2 Å². The molecule has 1 heterocycles. The third-order valence-electron chi connectivity index (χ3n) is 5.39. The minimum atomic E-state index is -0.123. The van der Waals surface area contributed by atoms with Gasteiger partial charge in [0.25, 0.3) is 5.91 Å². The van der Waals surface area contributed by atoms with E-state index in [0.29, 0.717) is 41.9 Å². The number of aryl methyl sites for hydroxylation is 1. The zero-order chi connectivity index (χ0) is 23.9. The summed E-state index contributed by atoms with van der Waals surface area (Å²) in [4.78, 5) is 15.2. The van der Waals surface area contributed by atoms with Gasteiger partial charge in [0.1, 0.15) is 11.4 Å². The number of ether oxygens (including phenoxy) is 2. The average molecular weight is 476 g/mol. The molecular formula is C27H26ClN3O3. The summed E-state index contributed by atoms with van der Waals surface area (Å²) in [5.74, 6) is 1.15. The number of carbonyl (C=O) groups is 1. The number of hydrogen-bond acceptors (Lipinski definition) is 4. The minimum absolute atomic E-state index is 0.123. The van der Waals surface area contributed by atoms with Gasteiger partial charge >= 0.3 is 0 Å². The third-order valence-corrected chi connectivity index (χ3v) is 5.64. The number of aromatic nitrogens is 2. The molecule has 7 heteroatoms. The first-order valence-corrected chi connectivity index (χ1v) is 11.3. The highest BCUT2D eigenvalue weighted by Crippen LogP contribution is 2.34. The minimum Gasteiger partial charge on any atom is -0.439 e. The molecule has 1 amide bonds. The second-order valence-corrected chi connectivity index (χ2v) is 8.20. The van der Waals surface area contributed by atoms with Gasteiger partial charge in [-0.15, -0.1) is 0 Å². The molecule has 6 nitrogen and oxygen atoms in total. The number of carbonyl (C=O) groups excluding carboxylic acids is 1. The lowest BCUT2D eigenvalue weighted by atomic mass is 10.1. The van der Waals surface area contributed by atoms with Crippen molar-refractivity contribution in [3.8, 4) is 22.9 Å². The van der Waals surface area contributed by atoms with Gasteiger partial charge in [-0.25, -0.2) is 4.68 Å². The maximum absolute atomic E-state index is 13.4. The number of hydrogen-bond donors (Lipinski definition) is 0. The molecule has 0 saturated carbocycles. The zero-order valence-corrected chi connectivity index (χ0v) is 19.9. The van der Waals surface area contributed by atoms with Crippen molar-refractivity contribution in [1.29, 1.82) is 0 Å². The summed E-state index contributed by atoms with van der Waals surface area (Å²) in [6, 6.07) is 26.3. The van der Waals surface area contributed by atoms with Crippen LogP contribution in [0.2, 0.25) is 5.02 Å². The number of rotatable bonds is 9. The second kappa shape index (κ2) is 11.0. The van der Waals surface area contributed by atoms with E-state index in [-0.39, 0.29) is 5.91 Å². The first-order valence-electron chi connectivity index (χ1n) is 10.9. The van der Waals surface area contributed by atoms with Crippen molar-refractivity contribution in [2.75, 3.05) is 20.3 Å². The van der Waals surface area contributed by atoms with Gasteiger partial charge in [0.2, 0.25) is 5.88 Å². The molecule has 4 aromatic rings. The van der Waals surface area contributed by atoms with Gasteiger partial charge in [0.05, 0.1) is 18.7 Å². The van der Waals surface area contributed by atoms with Crippen molar-refractivity contribution >= 4 is 17.5 Å². The zero-order valence-electron chi connectivity index (χ0n) is 19.1. The number of para-hydroxylation sites is 1. The van der Waals surface area contributed by atoms with E-state index >= 15 is 0 Å². The molecule has 0 aliphatic carbocycles. The van der Waals surface area contributed by atoms with Crippen LogP contribution in [0.25, 0.3) is 11.3 Å². The van der Waals surface area contributed by atoms with Crippen LogP contribution in [0.15, 0.2) is 84.9 Å². The lowest BCUT2D eigenvalue weighted by molar-refractivity contribution is 0.0679. The van der Waals surface area contributed by atoms with E-state index in [9.17, 15) is 4.79 Å². The van der Waals surface area contributed by atoms with Gasteiger partial charge in [-0.2, -0.15) is 5.10 Å². The number of nitrogens with zero attached hydrogens (tertiary/aromatic N) is 3. The van der Waals surface area contributed by atoms with Gasteiger partial charge in [-0.1, -0.05) is 60.1 Å². The maximum atomic E-state index is 13.4. The Morgan fingerprint density at radius 1 is 0.971 bits per heavy atom. The quantitative estimate of drug-likeness (QED) is 0.306. The fourth-order valence-corrected chi connectivity index (χ4v) is 3.80. The second-order valence-electron chi connectivity index (χ2n) is 7.76. The Morgan fingerprint density at radius 3 is 2.26 bits per heavy atom. The average Bonchev–Trinajstić information content (AvgIpc) is 3.17. The van der Waals surface area contributed by atoms with Crippen LogP contribution >= 0.6 is 11.6 Å². The maximum Gasteiger partial charge on any atom is 0.254 e. The van der Waals surface area contributed by atoms with E-state index in [0.717, 1.165) is 16.8 Å². The van der Waals surface area contributed by atoms with Crippen LogP contribution in [0.1, 0.15) is 15.9 Å². The summed E-state index contributed by atoms with van der Waals surface area (Å²) in [7, 11) is 3.46. The van der Waals surface area contributed by atoms with Crippen LogP contribution in [-0.2, 0) is 18.3 Å². The van der Waals surface area contributed by atoms with Crippen LogP contribution in [-0.4, -0.2) is 40.8 Å². The summed E-state index contributed by atoms with van der Waals surface area (Å²) in [6.07, 6.45) is 0. The van der Waals surface area contributed by atoms with Crippen LogP contribution in [0, 0.1) is 0 Å². The monoisotopic (exact) mass is 475 g/mol. The Labute approximate surface area is 204 Å². The molecule has 0 saturated heterocycles. The molecule has 0 bridgehead atoms.